The summed E-state index contributed by atoms with van der Waals surface area (Å²) >= 11 is 0. The number of nitrogens with one attached hydrogen (secondary N) is 2. The van der Waals surface area contributed by atoms with E-state index < -0.39 is 5.60 Å². The molecule has 1 aliphatic rings. The predicted octanol–water partition coefficient (Wildman–Crippen LogP) is 3.26. The van der Waals surface area contributed by atoms with Crippen LogP contribution < -0.4 is 5.32 Å². The molecule has 0 atom stereocenters. The Hall–Kier alpha value is -2.83. The second-order valence-electron chi connectivity index (χ2n) is 7.45. The molecule has 138 valence electrons. The minimum absolute atomic E-state index is 0.289. The standard InChI is InChI=1S/C19H24N4O3/c1-12-7-5-6-8-14(12)20-17(24)16-13-11-23(10-9-15(13)21-22-16)18(25)26-19(2,3)4/h5-8H,9-11H2,1-4H3,(H,20,24)(H,21,22). The molecule has 2 aromatic rings. The minimum atomic E-state index is -0.557. The lowest BCUT2D eigenvalue weighted by atomic mass is 10.1. The maximum Gasteiger partial charge on any atom is 0.410 e. The summed E-state index contributed by atoms with van der Waals surface area (Å²) in [5.74, 6) is -0.289. The fraction of sp³-hybridized carbons (Fsp3) is 0.421. The highest BCUT2D eigenvalue weighted by atomic mass is 16.6. The maximum absolute atomic E-state index is 12.7. The Labute approximate surface area is 152 Å². The second kappa shape index (κ2) is 6.82. The van der Waals surface area contributed by atoms with Crippen molar-refractivity contribution in [2.75, 3.05) is 11.9 Å². The van der Waals surface area contributed by atoms with Gasteiger partial charge in [0.25, 0.3) is 5.91 Å². The third kappa shape index (κ3) is 3.87. The maximum atomic E-state index is 12.7. The number of rotatable bonds is 2. The van der Waals surface area contributed by atoms with Crippen LogP contribution >= 0.6 is 0 Å². The van der Waals surface area contributed by atoms with Crippen LogP contribution in [0.25, 0.3) is 0 Å². The molecule has 2 heterocycles. The normalized spacial score (nSPS) is 13.9. The SMILES string of the molecule is Cc1ccccc1NC(=O)c1n[nH]c2c1CN(C(=O)OC(C)(C)C)CC2. The molecule has 26 heavy (non-hydrogen) atoms. The van der Waals surface area contributed by atoms with E-state index in [-0.39, 0.29) is 12.0 Å². The number of aromatic nitrogens is 2. The lowest BCUT2D eigenvalue weighted by Crippen LogP contribution is -2.40. The molecular formula is C19H24N4O3. The van der Waals surface area contributed by atoms with Crippen LogP contribution in [0.5, 0.6) is 0 Å². The van der Waals surface area contributed by atoms with Gasteiger partial charge in [-0.2, -0.15) is 5.10 Å². The van der Waals surface area contributed by atoms with Crippen molar-refractivity contribution in [3.8, 4) is 0 Å². The Bertz CT molecular complexity index is 836. The van der Waals surface area contributed by atoms with E-state index in [4.69, 9.17) is 4.74 Å². The van der Waals surface area contributed by atoms with Gasteiger partial charge >= 0.3 is 6.09 Å². The molecule has 0 bridgehead atoms. The van der Waals surface area contributed by atoms with E-state index in [2.05, 4.69) is 15.5 Å². The van der Waals surface area contributed by atoms with Gasteiger partial charge in [0.15, 0.2) is 5.69 Å². The highest BCUT2D eigenvalue weighted by Gasteiger charge is 2.30. The van der Waals surface area contributed by atoms with Crippen molar-refractivity contribution in [2.45, 2.75) is 46.3 Å². The zero-order valence-corrected chi connectivity index (χ0v) is 15.5. The largest absolute Gasteiger partial charge is 0.444 e. The first kappa shape index (κ1) is 18.0. The van der Waals surface area contributed by atoms with Crippen LogP contribution in [0.2, 0.25) is 0 Å². The number of amides is 2. The topological polar surface area (TPSA) is 87.3 Å². The number of benzene rings is 1. The average Bonchev–Trinajstić information content (AvgIpc) is 2.98. The molecule has 1 aromatic heterocycles. The molecule has 0 radical (unpaired) electrons. The van der Waals surface area contributed by atoms with Crippen LogP contribution in [0.1, 0.15) is 48.1 Å². The highest BCUT2D eigenvalue weighted by Crippen LogP contribution is 2.23. The van der Waals surface area contributed by atoms with Gasteiger partial charge in [-0.25, -0.2) is 4.79 Å². The van der Waals surface area contributed by atoms with E-state index in [1.54, 1.807) is 4.90 Å². The molecule has 0 unspecified atom stereocenters. The number of aryl methyl sites for hydroxylation is 1. The molecule has 2 N–H and O–H groups in total. The van der Waals surface area contributed by atoms with E-state index in [1.807, 2.05) is 52.0 Å². The van der Waals surface area contributed by atoms with Gasteiger partial charge in [0.05, 0.1) is 6.54 Å². The number of fused-ring (bicyclic) bond motifs is 1. The van der Waals surface area contributed by atoms with Crippen LogP contribution in [0.15, 0.2) is 24.3 Å². The number of anilines is 1. The quantitative estimate of drug-likeness (QED) is 0.864. The number of hydrogen-bond acceptors (Lipinski definition) is 4. The summed E-state index contributed by atoms with van der Waals surface area (Å²) in [6, 6.07) is 7.56. The van der Waals surface area contributed by atoms with Gasteiger partial charge in [-0.3, -0.25) is 9.89 Å². The van der Waals surface area contributed by atoms with Crippen LogP contribution in [-0.4, -0.2) is 39.2 Å². The molecule has 3 rings (SSSR count). The minimum Gasteiger partial charge on any atom is -0.444 e. The summed E-state index contributed by atoms with van der Waals surface area (Å²) in [6.45, 7) is 8.26. The van der Waals surface area contributed by atoms with Gasteiger partial charge in [0.2, 0.25) is 0 Å². The molecule has 0 spiro atoms. The van der Waals surface area contributed by atoms with Crippen molar-refractivity contribution in [3.05, 3.63) is 46.8 Å². The van der Waals surface area contributed by atoms with Crippen molar-refractivity contribution < 1.29 is 14.3 Å². The Balaban J connectivity index is 1.77. The first-order valence-corrected chi connectivity index (χ1v) is 8.65. The number of aromatic amines is 1. The third-order valence-corrected chi connectivity index (χ3v) is 4.19. The molecule has 1 aromatic carbocycles. The summed E-state index contributed by atoms with van der Waals surface area (Å²) in [5.41, 5.74) is 3.11. The van der Waals surface area contributed by atoms with Crippen molar-refractivity contribution >= 4 is 17.7 Å². The van der Waals surface area contributed by atoms with Gasteiger partial charge in [0.1, 0.15) is 5.60 Å². The van der Waals surface area contributed by atoms with Gasteiger partial charge in [-0.15, -0.1) is 0 Å². The number of nitrogens with zero attached hydrogens (tertiary/aromatic N) is 2. The summed E-state index contributed by atoms with van der Waals surface area (Å²) in [4.78, 5) is 26.6. The summed E-state index contributed by atoms with van der Waals surface area (Å²) in [5, 5.41) is 9.99. The van der Waals surface area contributed by atoms with E-state index in [0.717, 1.165) is 22.5 Å². The molecular weight excluding hydrogens is 332 g/mol. The molecule has 1 aliphatic heterocycles. The van der Waals surface area contributed by atoms with E-state index in [9.17, 15) is 9.59 Å². The van der Waals surface area contributed by atoms with Crippen LogP contribution in [-0.2, 0) is 17.7 Å². The molecule has 0 aliphatic carbocycles. The molecule has 7 nitrogen and oxygen atoms in total. The second-order valence-corrected chi connectivity index (χ2v) is 7.45. The van der Waals surface area contributed by atoms with Gasteiger partial charge in [0, 0.05) is 29.9 Å². The summed E-state index contributed by atoms with van der Waals surface area (Å²) in [7, 11) is 0. The average molecular weight is 356 g/mol. The van der Waals surface area contributed by atoms with Crippen molar-refractivity contribution in [1.82, 2.24) is 15.1 Å². The Kier molecular flexibility index (Phi) is 4.71. The fourth-order valence-electron chi connectivity index (χ4n) is 2.86. The van der Waals surface area contributed by atoms with Gasteiger partial charge in [-0.1, -0.05) is 18.2 Å². The Morgan fingerprint density at radius 3 is 2.69 bits per heavy atom. The molecule has 7 heteroatoms. The van der Waals surface area contributed by atoms with Crippen LogP contribution in [0, 0.1) is 6.92 Å². The van der Waals surface area contributed by atoms with Crippen LogP contribution in [0.4, 0.5) is 10.5 Å². The lowest BCUT2D eigenvalue weighted by molar-refractivity contribution is 0.0222. The smallest absolute Gasteiger partial charge is 0.410 e. The highest BCUT2D eigenvalue weighted by molar-refractivity contribution is 6.04. The van der Waals surface area contributed by atoms with Gasteiger partial charge < -0.3 is 15.0 Å². The van der Waals surface area contributed by atoms with E-state index in [0.29, 0.717) is 25.2 Å². The van der Waals surface area contributed by atoms with E-state index in [1.165, 1.54) is 0 Å². The fourth-order valence-corrected chi connectivity index (χ4v) is 2.86. The third-order valence-electron chi connectivity index (χ3n) is 4.19. The molecule has 0 fully saturated rings. The zero-order chi connectivity index (χ0) is 18.9. The lowest BCUT2D eigenvalue weighted by Gasteiger charge is -2.30. The number of ether oxygens (including phenoxy) is 1. The van der Waals surface area contributed by atoms with Crippen molar-refractivity contribution in [3.63, 3.8) is 0 Å². The molecule has 0 saturated carbocycles. The van der Waals surface area contributed by atoms with Crippen LogP contribution in [0.3, 0.4) is 0 Å². The predicted molar refractivity (Wildman–Crippen MR) is 98.1 cm³/mol. The van der Waals surface area contributed by atoms with Crippen molar-refractivity contribution in [2.24, 2.45) is 0 Å². The first-order chi connectivity index (χ1) is 12.2. The molecule has 2 amide bonds. The van der Waals surface area contributed by atoms with Crippen molar-refractivity contribution in [1.29, 1.82) is 0 Å². The summed E-state index contributed by atoms with van der Waals surface area (Å²) < 4.78 is 5.44. The number of hydrogen-bond donors (Lipinski definition) is 2. The summed E-state index contributed by atoms with van der Waals surface area (Å²) in [6.07, 6.45) is 0.230. The monoisotopic (exact) mass is 356 g/mol. The Morgan fingerprint density at radius 2 is 2.00 bits per heavy atom. The van der Waals surface area contributed by atoms with Gasteiger partial charge in [-0.05, 0) is 39.3 Å². The number of carbonyl (C=O) groups excluding carboxylic acids is 2. The van der Waals surface area contributed by atoms with E-state index >= 15 is 0 Å². The first-order valence-electron chi connectivity index (χ1n) is 8.65. The zero-order valence-electron chi connectivity index (χ0n) is 15.5. The molecule has 0 saturated heterocycles. The number of para-hydroxylation sites is 1. The number of carbonyl (C=O) groups is 2. The Morgan fingerprint density at radius 1 is 1.27 bits per heavy atom. The number of H-pyrrole nitrogens is 1.